The summed E-state index contributed by atoms with van der Waals surface area (Å²) in [4.78, 5) is 25.4. The average Bonchev–Trinajstić information content (AvgIpc) is 2.70. The summed E-state index contributed by atoms with van der Waals surface area (Å²) < 4.78 is 88.3. The van der Waals surface area contributed by atoms with Crippen LogP contribution in [0.1, 0.15) is 16.7 Å². The van der Waals surface area contributed by atoms with Crippen LogP contribution in [0.25, 0.3) is 0 Å². The van der Waals surface area contributed by atoms with Gasteiger partial charge in [-0.3, -0.25) is 10.1 Å². The molecule has 0 unspecified atom stereocenters. The van der Waals surface area contributed by atoms with Crippen LogP contribution in [0.2, 0.25) is 0 Å². The van der Waals surface area contributed by atoms with Crippen LogP contribution in [-0.4, -0.2) is 31.0 Å². The minimum absolute atomic E-state index is 0.116. The van der Waals surface area contributed by atoms with E-state index in [0.717, 1.165) is 25.3 Å². The first-order chi connectivity index (χ1) is 14.8. The summed E-state index contributed by atoms with van der Waals surface area (Å²) in [6.07, 6.45) is -10.2. The number of amides is 2. The van der Waals surface area contributed by atoms with Crippen LogP contribution < -0.4 is 10.1 Å². The highest BCUT2D eigenvalue weighted by atomic mass is 19.4. The maximum absolute atomic E-state index is 13.3. The highest BCUT2D eigenvalue weighted by Crippen LogP contribution is 2.42. The van der Waals surface area contributed by atoms with Crippen LogP contribution in [0.4, 0.5) is 36.8 Å². The molecule has 14 heteroatoms. The summed E-state index contributed by atoms with van der Waals surface area (Å²) in [5, 5.41) is 13.4. The molecular formula is C18H13F6N3O5. The quantitative estimate of drug-likeness (QED) is 0.221. The van der Waals surface area contributed by atoms with E-state index in [1.807, 2.05) is 0 Å². The monoisotopic (exact) mass is 465 g/mol. The van der Waals surface area contributed by atoms with Gasteiger partial charge in [-0.2, -0.15) is 31.3 Å². The van der Waals surface area contributed by atoms with Crippen LogP contribution in [-0.2, 0) is 17.1 Å². The number of nitro groups is 1. The van der Waals surface area contributed by atoms with Gasteiger partial charge in [0, 0.05) is 19.2 Å². The summed E-state index contributed by atoms with van der Waals surface area (Å²) >= 11 is 0. The fourth-order valence-electron chi connectivity index (χ4n) is 2.42. The van der Waals surface area contributed by atoms with Crippen LogP contribution in [0.3, 0.4) is 0 Å². The zero-order chi connectivity index (χ0) is 24.3. The fourth-order valence-corrected chi connectivity index (χ4v) is 2.42. The number of benzene rings is 2. The van der Waals surface area contributed by atoms with Crippen molar-refractivity contribution in [3.8, 4) is 11.5 Å². The van der Waals surface area contributed by atoms with E-state index in [1.165, 1.54) is 7.05 Å². The Bertz CT molecular complexity index is 1070. The number of aliphatic imine (C=N–C) groups is 1. The molecule has 0 aliphatic heterocycles. The Kier molecular flexibility index (Phi) is 6.96. The van der Waals surface area contributed by atoms with Gasteiger partial charge in [-0.1, -0.05) is 0 Å². The number of hydrogen-bond donors (Lipinski definition) is 1. The molecule has 2 amide bonds. The van der Waals surface area contributed by atoms with E-state index < -0.39 is 63.1 Å². The maximum atomic E-state index is 13.3. The molecule has 0 radical (unpaired) electrons. The minimum Gasteiger partial charge on any atom is -0.480 e. The van der Waals surface area contributed by atoms with Crippen LogP contribution >= 0.6 is 0 Å². The molecule has 0 bridgehead atoms. The summed E-state index contributed by atoms with van der Waals surface area (Å²) in [6.45, 7) is 0. The number of carbonyl (C=O) groups excluding carboxylic acids is 1. The minimum atomic E-state index is -5.20. The lowest BCUT2D eigenvalue weighted by molar-refractivity contribution is -0.385. The summed E-state index contributed by atoms with van der Waals surface area (Å²) in [7, 11) is 2.26. The number of carbonyl (C=O) groups is 1. The molecule has 0 aliphatic carbocycles. The SMILES string of the molecule is CNC(=O)N=C(OC)c1cc(Oc2ccc(C(F)(F)F)cc2C(F)(F)F)ccc1[N+](=O)[O-]. The molecule has 8 nitrogen and oxygen atoms in total. The van der Waals surface area contributed by atoms with E-state index in [9.17, 15) is 41.3 Å². The number of halogens is 6. The number of methoxy groups -OCH3 is 1. The normalized spacial score (nSPS) is 12.3. The number of rotatable bonds is 4. The Morgan fingerprint density at radius 3 is 2.22 bits per heavy atom. The van der Waals surface area contributed by atoms with E-state index in [0.29, 0.717) is 12.1 Å². The molecular weight excluding hydrogens is 452 g/mol. The van der Waals surface area contributed by atoms with Crippen LogP contribution in [0.15, 0.2) is 41.4 Å². The molecule has 0 aromatic heterocycles. The van der Waals surface area contributed by atoms with Gasteiger partial charge in [-0.15, -0.1) is 0 Å². The lowest BCUT2D eigenvalue weighted by Crippen LogP contribution is -2.17. The molecule has 172 valence electrons. The molecule has 2 rings (SSSR count). The fraction of sp³-hybridized carbons (Fsp3) is 0.222. The third-order valence-electron chi connectivity index (χ3n) is 3.85. The molecule has 0 fully saturated rings. The van der Waals surface area contributed by atoms with Gasteiger partial charge in [0.2, 0.25) is 5.90 Å². The van der Waals surface area contributed by atoms with Crippen molar-refractivity contribution < 1.29 is 45.5 Å². The predicted molar refractivity (Wildman–Crippen MR) is 97.6 cm³/mol. The first-order valence-electron chi connectivity index (χ1n) is 8.37. The number of nitro benzene ring substituents is 1. The second kappa shape index (κ2) is 9.11. The van der Waals surface area contributed by atoms with Crippen LogP contribution in [0.5, 0.6) is 11.5 Å². The van der Waals surface area contributed by atoms with Gasteiger partial charge in [0.1, 0.15) is 17.1 Å². The van der Waals surface area contributed by atoms with Gasteiger partial charge in [0.25, 0.3) is 5.69 Å². The van der Waals surface area contributed by atoms with Gasteiger partial charge < -0.3 is 14.8 Å². The molecule has 0 saturated carbocycles. The number of nitrogens with one attached hydrogen (secondary N) is 1. The van der Waals surface area contributed by atoms with Crippen molar-refractivity contribution in [2.45, 2.75) is 12.4 Å². The van der Waals surface area contributed by atoms with E-state index >= 15 is 0 Å². The predicted octanol–water partition coefficient (Wildman–Crippen LogP) is 5.16. The van der Waals surface area contributed by atoms with Crippen molar-refractivity contribution >= 4 is 17.6 Å². The van der Waals surface area contributed by atoms with E-state index in [4.69, 9.17) is 9.47 Å². The van der Waals surface area contributed by atoms with Gasteiger partial charge in [0.15, 0.2) is 0 Å². The number of urea groups is 1. The molecule has 0 spiro atoms. The molecule has 2 aromatic rings. The zero-order valence-electron chi connectivity index (χ0n) is 16.2. The van der Waals surface area contributed by atoms with Crippen molar-refractivity contribution in [1.82, 2.24) is 5.32 Å². The van der Waals surface area contributed by atoms with Crippen molar-refractivity contribution in [2.75, 3.05) is 14.2 Å². The molecule has 32 heavy (non-hydrogen) atoms. The molecule has 0 heterocycles. The number of ether oxygens (including phenoxy) is 2. The number of hydrogen-bond acceptors (Lipinski definition) is 5. The maximum Gasteiger partial charge on any atom is 0.420 e. The van der Waals surface area contributed by atoms with E-state index in [1.54, 1.807) is 0 Å². The van der Waals surface area contributed by atoms with E-state index in [-0.39, 0.29) is 6.07 Å². The molecule has 0 aliphatic rings. The summed E-state index contributed by atoms with van der Waals surface area (Å²) in [6, 6.07) is 2.45. The van der Waals surface area contributed by atoms with Crippen molar-refractivity contribution in [3.63, 3.8) is 0 Å². The smallest absolute Gasteiger partial charge is 0.420 e. The highest BCUT2D eigenvalue weighted by molar-refractivity contribution is 6.04. The largest absolute Gasteiger partial charge is 0.480 e. The van der Waals surface area contributed by atoms with Crippen molar-refractivity contribution in [1.29, 1.82) is 0 Å². The van der Waals surface area contributed by atoms with Crippen LogP contribution in [0, 0.1) is 10.1 Å². The Labute approximate surface area is 175 Å². The Hall–Kier alpha value is -3.84. The Balaban J connectivity index is 2.60. The van der Waals surface area contributed by atoms with Crippen molar-refractivity contribution in [3.05, 3.63) is 63.2 Å². The number of alkyl halides is 6. The average molecular weight is 465 g/mol. The third kappa shape index (κ3) is 5.65. The molecule has 0 atom stereocenters. The first kappa shape index (κ1) is 24.4. The van der Waals surface area contributed by atoms with Gasteiger partial charge in [-0.25, -0.2) is 4.79 Å². The Morgan fingerprint density at radius 1 is 1.06 bits per heavy atom. The third-order valence-corrected chi connectivity index (χ3v) is 3.85. The standard InChI is InChI=1S/C18H13F6N3O5/c1-25-16(28)26-15(31-2)11-8-10(4-5-13(11)27(29)30)32-14-6-3-9(17(19,20)21)7-12(14)18(22,23)24/h3-8H,1-2H3,(H,25,28). The second-order valence-electron chi connectivity index (χ2n) is 5.92. The Morgan fingerprint density at radius 2 is 1.72 bits per heavy atom. The zero-order valence-corrected chi connectivity index (χ0v) is 16.2. The van der Waals surface area contributed by atoms with Gasteiger partial charge >= 0.3 is 18.4 Å². The van der Waals surface area contributed by atoms with Gasteiger partial charge in [-0.05, 0) is 24.3 Å². The van der Waals surface area contributed by atoms with Crippen molar-refractivity contribution in [2.24, 2.45) is 4.99 Å². The lowest BCUT2D eigenvalue weighted by Gasteiger charge is -2.16. The first-order valence-corrected chi connectivity index (χ1v) is 8.37. The summed E-state index contributed by atoms with van der Waals surface area (Å²) in [5.41, 5.74) is -4.29. The molecule has 1 N–H and O–H groups in total. The molecule has 0 saturated heterocycles. The second-order valence-corrected chi connectivity index (χ2v) is 5.92. The summed E-state index contributed by atoms with van der Waals surface area (Å²) in [5.74, 6) is -1.95. The van der Waals surface area contributed by atoms with E-state index in [2.05, 4.69) is 10.3 Å². The van der Waals surface area contributed by atoms with Gasteiger partial charge in [0.05, 0.1) is 23.2 Å². The topological polar surface area (TPSA) is 103 Å². The number of nitrogens with zero attached hydrogens (tertiary/aromatic N) is 2. The highest BCUT2D eigenvalue weighted by Gasteiger charge is 2.39. The lowest BCUT2D eigenvalue weighted by atomic mass is 10.1. The molecule has 2 aromatic carbocycles.